The van der Waals surface area contributed by atoms with E-state index in [1.807, 2.05) is 12.1 Å². The van der Waals surface area contributed by atoms with E-state index < -0.39 is 23.9 Å². The minimum atomic E-state index is -1.55. The van der Waals surface area contributed by atoms with Crippen molar-refractivity contribution in [3.05, 3.63) is 35.0 Å². The SMILES string of the molecule is CCOC(=O)C(NC(=O)c1c(Cl)c2ccccc2n1C)C(=O)OCC. The fraction of sp³-hybridized carbons (Fsp3) is 0.353. The molecule has 1 N–H and O–H groups in total. The molecule has 0 unspecified atom stereocenters. The summed E-state index contributed by atoms with van der Waals surface area (Å²) in [5.41, 5.74) is 0.892. The van der Waals surface area contributed by atoms with Crippen LogP contribution in [0.4, 0.5) is 0 Å². The van der Waals surface area contributed by atoms with Crippen molar-refractivity contribution >= 4 is 40.3 Å². The van der Waals surface area contributed by atoms with Gasteiger partial charge in [0, 0.05) is 18.0 Å². The zero-order valence-electron chi connectivity index (χ0n) is 14.2. The lowest BCUT2D eigenvalue weighted by molar-refractivity contribution is -0.157. The molecule has 0 radical (unpaired) electrons. The molecule has 0 fully saturated rings. The van der Waals surface area contributed by atoms with Crippen LogP contribution in [-0.2, 0) is 26.1 Å². The number of hydrogen-bond donors (Lipinski definition) is 1. The van der Waals surface area contributed by atoms with Gasteiger partial charge in [0.15, 0.2) is 0 Å². The third kappa shape index (κ3) is 3.76. The molecule has 8 heteroatoms. The second-order valence-electron chi connectivity index (χ2n) is 5.15. The van der Waals surface area contributed by atoms with Gasteiger partial charge in [-0.2, -0.15) is 0 Å². The first-order valence-corrected chi connectivity index (χ1v) is 8.17. The number of esters is 2. The fourth-order valence-corrected chi connectivity index (χ4v) is 2.84. The second-order valence-corrected chi connectivity index (χ2v) is 5.53. The molecule has 0 spiro atoms. The maximum absolute atomic E-state index is 12.7. The minimum absolute atomic E-state index is 0.0689. The number of aromatic nitrogens is 1. The van der Waals surface area contributed by atoms with Gasteiger partial charge >= 0.3 is 11.9 Å². The van der Waals surface area contributed by atoms with Crippen LogP contribution in [0.1, 0.15) is 24.3 Å². The molecule has 0 atom stereocenters. The number of rotatable bonds is 6. The van der Waals surface area contributed by atoms with Crippen LogP contribution in [0.5, 0.6) is 0 Å². The summed E-state index contributed by atoms with van der Waals surface area (Å²) in [6.45, 7) is 3.34. The molecule has 0 bridgehead atoms. The number of benzene rings is 1. The summed E-state index contributed by atoms with van der Waals surface area (Å²) in [6.07, 6.45) is 0. The summed E-state index contributed by atoms with van der Waals surface area (Å²) >= 11 is 6.31. The van der Waals surface area contributed by atoms with Gasteiger partial charge in [-0.15, -0.1) is 0 Å². The first kappa shape index (κ1) is 18.8. The zero-order chi connectivity index (χ0) is 18.6. The normalized spacial score (nSPS) is 10.8. The van der Waals surface area contributed by atoms with Crippen molar-refractivity contribution in [2.24, 2.45) is 7.05 Å². The molecule has 25 heavy (non-hydrogen) atoms. The summed E-state index contributed by atoms with van der Waals surface area (Å²) in [5.74, 6) is -2.44. The number of hydrogen-bond acceptors (Lipinski definition) is 5. The summed E-state index contributed by atoms with van der Waals surface area (Å²) in [5, 5.41) is 3.28. The Kier molecular flexibility index (Phi) is 6.03. The van der Waals surface area contributed by atoms with Crippen molar-refractivity contribution in [2.45, 2.75) is 19.9 Å². The molecule has 0 aliphatic heterocycles. The highest BCUT2D eigenvalue weighted by atomic mass is 35.5. The molecule has 1 aromatic heterocycles. The van der Waals surface area contributed by atoms with Gasteiger partial charge in [0.25, 0.3) is 5.91 Å². The maximum atomic E-state index is 12.7. The number of amides is 1. The smallest absolute Gasteiger partial charge is 0.340 e. The van der Waals surface area contributed by atoms with Gasteiger partial charge in [-0.05, 0) is 19.9 Å². The molecule has 0 saturated heterocycles. The highest BCUT2D eigenvalue weighted by molar-refractivity contribution is 6.39. The molecular weight excluding hydrogens is 348 g/mol. The topological polar surface area (TPSA) is 86.6 Å². The first-order valence-electron chi connectivity index (χ1n) is 7.79. The van der Waals surface area contributed by atoms with Crippen LogP contribution in [0.15, 0.2) is 24.3 Å². The number of nitrogens with one attached hydrogen (secondary N) is 1. The Morgan fingerprint density at radius 2 is 1.68 bits per heavy atom. The van der Waals surface area contributed by atoms with Crippen LogP contribution in [-0.4, -0.2) is 41.7 Å². The monoisotopic (exact) mass is 366 g/mol. The van der Waals surface area contributed by atoms with Crippen molar-refractivity contribution in [3.8, 4) is 0 Å². The Bertz CT molecular complexity index is 758. The van der Waals surface area contributed by atoms with Crippen LogP contribution in [0.2, 0.25) is 5.02 Å². The number of ether oxygens (including phenoxy) is 2. The van der Waals surface area contributed by atoms with Gasteiger partial charge < -0.3 is 19.4 Å². The number of para-hydroxylation sites is 1. The predicted octanol–water partition coefficient (Wildman–Crippen LogP) is 2.06. The van der Waals surface area contributed by atoms with E-state index in [9.17, 15) is 14.4 Å². The molecular formula is C17H19ClN2O5. The Morgan fingerprint density at radius 3 is 2.20 bits per heavy atom. The van der Waals surface area contributed by atoms with Crippen molar-refractivity contribution in [2.75, 3.05) is 13.2 Å². The average molecular weight is 367 g/mol. The van der Waals surface area contributed by atoms with Gasteiger partial charge in [-0.3, -0.25) is 4.79 Å². The van der Waals surface area contributed by atoms with E-state index in [4.69, 9.17) is 21.1 Å². The Balaban J connectivity index is 2.35. The number of halogens is 1. The maximum Gasteiger partial charge on any atom is 0.340 e. The molecule has 0 aliphatic rings. The van der Waals surface area contributed by atoms with Crippen molar-refractivity contribution in [3.63, 3.8) is 0 Å². The summed E-state index contributed by atoms with van der Waals surface area (Å²) in [4.78, 5) is 36.6. The van der Waals surface area contributed by atoms with Gasteiger partial charge in [0.2, 0.25) is 6.04 Å². The van der Waals surface area contributed by atoms with E-state index in [1.54, 1.807) is 37.6 Å². The molecule has 2 aromatic rings. The average Bonchev–Trinajstić information content (AvgIpc) is 2.84. The second kappa shape index (κ2) is 8.02. The lowest BCUT2D eigenvalue weighted by atomic mass is 10.2. The van der Waals surface area contributed by atoms with E-state index in [-0.39, 0.29) is 23.9 Å². The molecule has 1 amide bonds. The number of carbonyl (C=O) groups is 3. The van der Waals surface area contributed by atoms with Gasteiger partial charge in [-0.1, -0.05) is 29.8 Å². The standard InChI is InChI=1S/C17H19ClN2O5/c1-4-24-16(22)13(17(23)25-5-2)19-15(21)14-12(18)10-8-6-7-9-11(10)20(14)3/h6-9,13H,4-5H2,1-3H3,(H,19,21). The van der Waals surface area contributed by atoms with Gasteiger partial charge in [0.1, 0.15) is 5.69 Å². The Morgan fingerprint density at radius 1 is 1.12 bits per heavy atom. The third-order valence-corrected chi connectivity index (χ3v) is 3.96. The van der Waals surface area contributed by atoms with E-state index in [0.717, 1.165) is 5.52 Å². The van der Waals surface area contributed by atoms with E-state index >= 15 is 0 Å². The van der Waals surface area contributed by atoms with Crippen molar-refractivity contribution < 1.29 is 23.9 Å². The first-order chi connectivity index (χ1) is 11.9. The lowest BCUT2D eigenvalue weighted by Gasteiger charge is -2.16. The van der Waals surface area contributed by atoms with Crippen LogP contribution in [0, 0.1) is 0 Å². The quantitative estimate of drug-likeness (QED) is 0.624. The van der Waals surface area contributed by atoms with E-state index in [0.29, 0.717) is 5.39 Å². The molecule has 134 valence electrons. The van der Waals surface area contributed by atoms with Crippen LogP contribution < -0.4 is 5.32 Å². The van der Waals surface area contributed by atoms with Crippen LogP contribution >= 0.6 is 11.6 Å². The third-order valence-electron chi connectivity index (χ3n) is 3.58. The van der Waals surface area contributed by atoms with Crippen molar-refractivity contribution in [1.29, 1.82) is 0 Å². The number of carbonyl (C=O) groups excluding carboxylic acids is 3. The molecule has 0 aliphatic carbocycles. The number of fused-ring (bicyclic) bond motifs is 1. The Hall–Kier alpha value is -2.54. The van der Waals surface area contributed by atoms with E-state index in [2.05, 4.69) is 5.32 Å². The lowest BCUT2D eigenvalue weighted by Crippen LogP contribution is -2.48. The predicted molar refractivity (Wildman–Crippen MR) is 92.4 cm³/mol. The van der Waals surface area contributed by atoms with Gasteiger partial charge in [-0.25, -0.2) is 9.59 Å². The summed E-state index contributed by atoms with van der Waals surface area (Å²) in [7, 11) is 1.67. The highest BCUT2D eigenvalue weighted by Gasteiger charge is 2.33. The fourth-order valence-electron chi connectivity index (χ4n) is 2.46. The largest absolute Gasteiger partial charge is 0.464 e. The Labute approximate surface area is 149 Å². The molecule has 2 rings (SSSR count). The molecule has 1 heterocycles. The van der Waals surface area contributed by atoms with Gasteiger partial charge in [0.05, 0.1) is 18.2 Å². The number of nitrogens with zero attached hydrogens (tertiary/aromatic N) is 1. The molecule has 1 aromatic carbocycles. The van der Waals surface area contributed by atoms with Crippen LogP contribution in [0.25, 0.3) is 10.9 Å². The minimum Gasteiger partial charge on any atom is -0.464 e. The summed E-state index contributed by atoms with van der Waals surface area (Å²) in [6, 6.07) is 5.66. The van der Waals surface area contributed by atoms with Crippen molar-refractivity contribution in [1.82, 2.24) is 9.88 Å². The molecule has 0 saturated carbocycles. The highest BCUT2D eigenvalue weighted by Crippen LogP contribution is 2.29. The molecule has 7 nitrogen and oxygen atoms in total. The number of aryl methyl sites for hydroxylation is 1. The zero-order valence-corrected chi connectivity index (χ0v) is 14.9. The van der Waals surface area contributed by atoms with E-state index in [1.165, 1.54) is 0 Å². The van der Waals surface area contributed by atoms with Crippen LogP contribution in [0.3, 0.4) is 0 Å². The summed E-state index contributed by atoms with van der Waals surface area (Å²) < 4.78 is 11.3.